The first-order chi connectivity index (χ1) is 9.59. The van der Waals surface area contributed by atoms with Crippen LogP contribution in [0, 0.1) is 11.6 Å². The van der Waals surface area contributed by atoms with Crippen molar-refractivity contribution in [3.05, 3.63) is 23.8 Å². The first-order valence-electron chi connectivity index (χ1n) is 6.84. The van der Waals surface area contributed by atoms with Crippen LogP contribution in [-0.2, 0) is 4.79 Å². The van der Waals surface area contributed by atoms with Crippen molar-refractivity contribution in [2.24, 2.45) is 0 Å². The molecule has 0 radical (unpaired) electrons. The lowest BCUT2D eigenvalue weighted by Gasteiger charge is -2.26. The summed E-state index contributed by atoms with van der Waals surface area (Å²) in [6.45, 7) is 1.81. The van der Waals surface area contributed by atoms with Gasteiger partial charge in [0.1, 0.15) is 0 Å². The van der Waals surface area contributed by atoms with Gasteiger partial charge in [-0.25, -0.2) is 8.78 Å². The fraction of sp³-hybridized carbons (Fsp3) is 0.500. The van der Waals surface area contributed by atoms with E-state index in [4.69, 9.17) is 5.73 Å². The van der Waals surface area contributed by atoms with Crippen molar-refractivity contribution in [1.82, 2.24) is 4.90 Å². The fourth-order valence-corrected chi connectivity index (χ4v) is 2.34. The van der Waals surface area contributed by atoms with Gasteiger partial charge in [0.15, 0.2) is 11.6 Å². The van der Waals surface area contributed by atoms with Crippen LogP contribution in [0.5, 0.6) is 0 Å². The van der Waals surface area contributed by atoms with Crippen LogP contribution >= 0.6 is 0 Å². The van der Waals surface area contributed by atoms with E-state index in [1.807, 2.05) is 4.90 Å². The second-order valence-electron chi connectivity index (χ2n) is 4.94. The minimum atomic E-state index is -1.00. The first kappa shape index (κ1) is 14.6. The average molecular weight is 283 g/mol. The highest BCUT2D eigenvalue weighted by Crippen LogP contribution is 2.24. The quantitative estimate of drug-likeness (QED) is 0.834. The summed E-state index contributed by atoms with van der Waals surface area (Å²) in [6.07, 6.45) is 3.47. The van der Waals surface area contributed by atoms with E-state index in [0.717, 1.165) is 38.4 Å². The van der Waals surface area contributed by atoms with E-state index >= 15 is 0 Å². The summed E-state index contributed by atoms with van der Waals surface area (Å²) in [4.78, 5) is 13.7. The van der Waals surface area contributed by atoms with Gasteiger partial charge in [-0.15, -0.1) is 0 Å². The molecule has 1 saturated heterocycles. The molecule has 1 aromatic carbocycles. The van der Waals surface area contributed by atoms with Crippen molar-refractivity contribution in [2.75, 3.05) is 30.7 Å². The Morgan fingerprint density at radius 3 is 2.65 bits per heavy atom. The number of piperidine rings is 1. The van der Waals surface area contributed by atoms with Gasteiger partial charge in [0.05, 0.1) is 11.4 Å². The van der Waals surface area contributed by atoms with Crippen LogP contribution in [0.15, 0.2) is 12.1 Å². The van der Waals surface area contributed by atoms with Gasteiger partial charge < -0.3 is 16.0 Å². The number of rotatable bonds is 4. The highest BCUT2D eigenvalue weighted by Gasteiger charge is 2.17. The van der Waals surface area contributed by atoms with Gasteiger partial charge in [-0.3, -0.25) is 4.79 Å². The van der Waals surface area contributed by atoms with Crippen LogP contribution in [0.25, 0.3) is 0 Å². The van der Waals surface area contributed by atoms with Gasteiger partial charge in [-0.1, -0.05) is 0 Å². The molecule has 3 N–H and O–H groups in total. The zero-order chi connectivity index (χ0) is 14.5. The van der Waals surface area contributed by atoms with Gasteiger partial charge in [0.2, 0.25) is 5.91 Å². The Kier molecular flexibility index (Phi) is 4.76. The summed E-state index contributed by atoms with van der Waals surface area (Å²) in [7, 11) is 0. The largest absolute Gasteiger partial charge is 0.397 e. The summed E-state index contributed by atoms with van der Waals surface area (Å²) in [5, 5.41) is 2.70. The molecule has 0 unspecified atom stereocenters. The molecule has 0 bridgehead atoms. The van der Waals surface area contributed by atoms with Gasteiger partial charge in [-0.05, 0) is 31.4 Å². The SMILES string of the molecule is Nc1ccc(F)c(F)c1NCCC(=O)N1CCCCC1. The molecule has 1 aliphatic heterocycles. The number of amides is 1. The molecule has 0 atom stereocenters. The maximum absolute atomic E-state index is 13.5. The Bertz CT molecular complexity index is 488. The molecule has 1 aliphatic rings. The number of hydrogen-bond acceptors (Lipinski definition) is 3. The molecule has 6 heteroatoms. The van der Waals surface area contributed by atoms with Crippen molar-refractivity contribution >= 4 is 17.3 Å². The highest BCUT2D eigenvalue weighted by atomic mass is 19.2. The van der Waals surface area contributed by atoms with Crippen molar-refractivity contribution < 1.29 is 13.6 Å². The van der Waals surface area contributed by atoms with Crippen molar-refractivity contribution in [3.8, 4) is 0 Å². The number of benzene rings is 1. The zero-order valence-electron chi connectivity index (χ0n) is 11.3. The topological polar surface area (TPSA) is 58.4 Å². The van der Waals surface area contributed by atoms with Gasteiger partial charge in [-0.2, -0.15) is 0 Å². The molecular weight excluding hydrogens is 264 g/mol. The minimum Gasteiger partial charge on any atom is -0.397 e. The van der Waals surface area contributed by atoms with Crippen molar-refractivity contribution in [1.29, 1.82) is 0 Å². The van der Waals surface area contributed by atoms with Crippen LogP contribution < -0.4 is 11.1 Å². The summed E-state index contributed by atoms with van der Waals surface area (Å²) >= 11 is 0. The maximum atomic E-state index is 13.5. The molecule has 1 heterocycles. The van der Waals surface area contributed by atoms with E-state index in [2.05, 4.69) is 5.32 Å². The van der Waals surface area contributed by atoms with E-state index in [1.165, 1.54) is 6.07 Å². The molecule has 0 aromatic heterocycles. The second kappa shape index (κ2) is 6.54. The van der Waals surface area contributed by atoms with Gasteiger partial charge in [0, 0.05) is 26.1 Å². The molecule has 110 valence electrons. The van der Waals surface area contributed by atoms with Crippen LogP contribution in [0.3, 0.4) is 0 Å². The normalized spacial score (nSPS) is 15.2. The number of nitrogens with one attached hydrogen (secondary N) is 1. The Morgan fingerprint density at radius 1 is 1.25 bits per heavy atom. The molecule has 1 fully saturated rings. The highest BCUT2D eigenvalue weighted by molar-refractivity contribution is 5.77. The molecule has 4 nitrogen and oxygen atoms in total. The smallest absolute Gasteiger partial charge is 0.224 e. The Balaban J connectivity index is 1.86. The van der Waals surface area contributed by atoms with E-state index in [9.17, 15) is 13.6 Å². The molecular formula is C14H19F2N3O. The first-order valence-corrected chi connectivity index (χ1v) is 6.84. The Labute approximate surface area is 116 Å². The third kappa shape index (κ3) is 3.37. The monoisotopic (exact) mass is 283 g/mol. The third-order valence-electron chi connectivity index (χ3n) is 3.48. The number of nitrogens with zero attached hydrogens (tertiary/aromatic N) is 1. The Morgan fingerprint density at radius 2 is 1.95 bits per heavy atom. The molecule has 0 aliphatic carbocycles. The maximum Gasteiger partial charge on any atom is 0.224 e. The van der Waals surface area contributed by atoms with Crippen molar-refractivity contribution in [2.45, 2.75) is 25.7 Å². The van der Waals surface area contributed by atoms with Crippen molar-refractivity contribution in [3.63, 3.8) is 0 Å². The Hall–Kier alpha value is -1.85. The standard InChI is InChI=1S/C14H19F2N3O/c15-10-4-5-11(17)14(13(10)16)18-7-6-12(20)19-8-2-1-3-9-19/h4-5,18H,1-3,6-9,17H2. The van der Waals surface area contributed by atoms with E-state index in [-0.39, 0.29) is 30.2 Å². The lowest BCUT2D eigenvalue weighted by Crippen LogP contribution is -2.36. The minimum absolute atomic E-state index is 0.0348. The predicted molar refractivity (Wildman–Crippen MR) is 74.3 cm³/mol. The summed E-state index contributed by atoms with van der Waals surface area (Å²) in [6, 6.07) is 2.28. The number of hydrogen-bond donors (Lipinski definition) is 2. The second-order valence-corrected chi connectivity index (χ2v) is 4.94. The lowest BCUT2D eigenvalue weighted by molar-refractivity contribution is -0.131. The van der Waals surface area contributed by atoms with Crippen LogP contribution in [0.2, 0.25) is 0 Å². The van der Waals surface area contributed by atoms with Gasteiger partial charge >= 0.3 is 0 Å². The molecule has 0 spiro atoms. The lowest BCUT2D eigenvalue weighted by atomic mass is 10.1. The molecule has 0 saturated carbocycles. The molecule has 1 aromatic rings. The third-order valence-corrected chi connectivity index (χ3v) is 3.48. The van der Waals surface area contributed by atoms with E-state index in [1.54, 1.807) is 0 Å². The summed E-state index contributed by atoms with van der Waals surface area (Å²) < 4.78 is 26.6. The average Bonchev–Trinajstić information content (AvgIpc) is 2.47. The number of nitrogens with two attached hydrogens (primary N) is 1. The predicted octanol–water partition coefficient (Wildman–Crippen LogP) is 2.36. The van der Waals surface area contributed by atoms with Gasteiger partial charge in [0.25, 0.3) is 0 Å². The fourth-order valence-electron chi connectivity index (χ4n) is 2.34. The molecule has 2 rings (SSSR count). The number of nitrogen functional groups attached to an aromatic ring is 1. The van der Waals surface area contributed by atoms with E-state index < -0.39 is 11.6 Å². The molecule has 20 heavy (non-hydrogen) atoms. The summed E-state index contributed by atoms with van der Waals surface area (Å²) in [5.41, 5.74) is 5.65. The van der Waals surface area contributed by atoms with Crippen LogP contribution in [0.1, 0.15) is 25.7 Å². The van der Waals surface area contributed by atoms with E-state index in [0.29, 0.717) is 0 Å². The number of halogens is 2. The number of likely N-dealkylation sites (tertiary alicyclic amines) is 1. The number of carbonyl (C=O) groups is 1. The van der Waals surface area contributed by atoms with Crippen LogP contribution in [0.4, 0.5) is 20.2 Å². The zero-order valence-corrected chi connectivity index (χ0v) is 11.3. The number of anilines is 2. The number of carbonyl (C=O) groups excluding carboxylic acids is 1. The summed E-state index contributed by atoms with van der Waals surface area (Å²) in [5.74, 6) is -1.92. The van der Waals surface area contributed by atoms with Crippen LogP contribution in [-0.4, -0.2) is 30.4 Å². The molecule has 1 amide bonds.